The molecule has 1 aromatic rings. The minimum absolute atomic E-state index is 0.354. The lowest BCUT2D eigenvalue weighted by atomic mass is 10.00. The number of unbranched alkanes of at least 4 members (excludes halogenated alkanes) is 6. The average molecular weight is 292 g/mol. The normalized spacial score (nSPS) is 12.3. The number of hydrogen-bond donors (Lipinski definition) is 2. The van der Waals surface area contributed by atoms with Crippen LogP contribution in [-0.4, -0.2) is 13.2 Å². The van der Waals surface area contributed by atoms with Crippen LogP contribution < -0.4 is 16.0 Å². The number of benzene rings is 1. The van der Waals surface area contributed by atoms with Crippen molar-refractivity contribution in [2.45, 2.75) is 70.8 Å². The number of rotatable bonds is 12. The SMILES string of the molecule is CCCCCCCCCC(Cc1cccc(OC)c1)NN. The Morgan fingerprint density at radius 3 is 2.48 bits per heavy atom. The first-order valence-electron chi connectivity index (χ1n) is 8.39. The molecule has 120 valence electrons. The molecule has 0 aliphatic heterocycles. The lowest BCUT2D eigenvalue weighted by Gasteiger charge is -2.16. The molecule has 1 rings (SSSR count). The van der Waals surface area contributed by atoms with Crippen molar-refractivity contribution in [2.75, 3.05) is 7.11 Å². The van der Waals surface area contributed by atoms with Crippen molar-refractivity contribution in [3.8, 4) is 5.75 Å². The van der Waals surface area contributed by atoms with E-state index in [9.17, 15) is 0 Å². The van der Waals surface area contributed by atoms with E-state index in [1.165, 1.54) is 50.5 Å². The number of nitrogens with two attached hydrogens (primary N) is 1. The Balaban J connectivity index is 2.22. The van der Waals surface area contributed by atoms with Gasteiger partial charge in [0.2, 0.25) is 0 Å². The molecule has 1 atom stereocenters. The van der Waals surface area contributed by atoms with Gasteiger partial charge in [-0.3, -0.25) is 11.3 Å². The molecule has 0 saturated heterocycles. The monoisotopic (exact) mass is 292 g/mol. The second kappa shape index (κ2) is 11.6. The fraction of sp³-hybridized carbons (Fsp3) is 0.667. The predicted molar refractivity (Wildman–Crippen MR) is 90.4 cm³/mol. The van der Waals surface area contributed by atoms with Crippen LogP contribution >= 0.6 is 0 Å². The summed E-state index contributed by atoms with van der Waals surface area (Å²) in [5, 5.41) is 0. The Kier molecular flexibility index (Phi) is 9.92. The molecule has 0 bridgehead atoms. The predicted octanol–water partition coefficient (Wildman–Crippen LogP) is 4.21. The van der Waals surface area contributed by atoms with Crippen molar-refractivity contribution in [3.63, 3.8) is 0 Å². The number of ether oxygens (including phenoxy) is 1. The molecule has 1 aromatic carbocycles. The second-order valence-electron chi connectivity index (χ2n) is 5.83. The minimum atomic E-state index is 0.354. The lowest BCUT2D eigenvalue weighted by molar-refractivity contribution is 0.413. The third-order valence-corrected chi connectivity index (χ3v) is 4.01. The highest BCUT2D eigenvalue weighted by molar-refractivity contribution is 5.28. The molecule has 0 fully saturated rings. The zero-order chi connectivity index (χ0) is 15.3. The molecule has 0 radical (unpaired) electrons. The molecule has 3 N–H and O–H groups in total. The highest BCUT2D eigenvalue weighted by Crippen LogP contribution is 2.16. The van der Waals surface area contributed by atoms with E-state index in [-0.39, 0.29) is 0 Å². The zero-order valence-corrected chi connectivity index (χ0v) is 13.7. The maximum absolute atomic E-state index is 5.69. The first-order valence-corrected chi connectivity index (χ1v) is 8.39. The first-order chi connectivity index (χ1) is 10.3. The van der Waals surface area contributed by atoms with Crippen molar-refractivity contribution in [2.24, 2.45) is 5.84 Å². The second-order valence-corrected chi connectivity index (χ2v) is 5.83. The van der Waals surface area contributed by atoms with Gasteiger partial charge in [-0.2, -0.15) is 0 Å². The van der Waals surface area contributed by atoms with Crippen LogP contribution in [0.15, 0.2) is 24.3 Å². The van der Waals surface area contributed by atoms with E-state index in [0.717, 1.165) is 18.6 Å². The Bertz CT molecular complexity index is 368. The summed E-state index contributed by atoms with van der Waals surface area (Å²) in [6, 6.07) is 8.60. The van der Waals surface area contributed by atoms with E-state index in [2.05, 4.69) is 24.5 Å². The molecule has 3 nitrogen and oxygen atoms in total. The molecule has 0 aromatic heterocycles. The van der Waals surface area contributed by atoms with E-state index in [4.69, 9.17) is 10.6 Å². The van der Waals surface area contributed by atoms with Gasteiger partial charge in [-0.1, -0.05) is 64.0 Å². The van der Waals surface area contributed by atoms with Gasteiger partial charge in [-0.25, -0.2) is 0 Å². The minimum Gasteiger partial charge on any atom is -0.497 e. The number of nitrogens with one attached hydrogen (secondary N) is 1. The van der Waals surface area contributed by atoms with Gasteiger partial charge in [-0.15, -0.1) is 0 Å². The standard InChI is InChI=1S/C18H32N2O/c1-3-4-5-6-7-8-9-12-17(20-19)14-16-11-10-13-18(15-16)21-2/h10-11,13,15,17,20H,3-9,12,14,19H2,1-2H3. The van der Waals surface area contributed by atoms with Gasteiger partial charge < -0.3 is 4.74 Å². The summed E-state index contributed by atoms with van der Waals surface area (Å²) in [5.41, 5.74) is 4.24. The van der Waals surface area contributed by atoms with Gasteiger partial charge in [0.15, 0.2) is 0 Å². The summed E-state index contributed by atoms with van der Waals surface area (Å²) >= 11 is 0. The van der Waals surface area contributed by atoms with Crippen LogP contribution in [0.5, 0.6) is 5.75 Å². The summed E-state index contributed by atoms with van der Waals surface area (Å²) in [4.78, 5) is 0. The largest absolute Gasteiger partial charge is 0.497 e. The van der Waals surface area contributed by atoms with E-state index in [0.29, 0.717) is 6.04 Å². The number of hydrogen-bond acceptors (Lipinski definition) is 3. The highest BCUT2D eigenvalue weighted by atomic mass is 16.5. The average Bonchev–Trinajstić information content (AvgIpc) is 2.53. The van der Waals surface area contributed by atoms with E-state index < -0.39 is 0 Å². The molecule has 0 spiro atoms. The summed E-state index contributed by atoms with van der Waals surface area (Å²) in [5.74, 6) is 6.61. The molecule has 0 saturated carbocycles. The Morgan fingerprint density at radius 1 is 1.10 bits per heavy atom. The van der Waals surface area contributed by atoms with Crippen LogP contribution in [0, 0.1) is 0 Å². The van der Waals surface area contributed by atoms with Crippen molar-refractivity contribution in [3.05, 3.63) is 29.8 Å². The van der Waals surface area contributed by atoms with Gasteiger partial charge in [0.05, 0.1) is 7.11 Å². The third kappa shape index (κ3) is 8.08. The van der Waals surface area contributed by atoms with Crippen molar-refractivity contribution in [1.82, 2.24) is 5.43 Å². The molecule has 21 heavy (non-hydrogen) atoms. The number of hydrazine groups is 1. The topological polar surface area (TPSA) is 47.3 Å². The van der Waals surface area contributed by atoms with Crippen LogP contribution in [0.25, 0.3) is 0 Å². The van der Waals surface area contributed by atoms with Gasteiger partial charge in [0.25, 0.3) is 0 Å². The smallest absolute Gasteiger partial charge is 0.119 e. The Morgan fingerprint density at radius 2 is 1.81 bits per heavy atom. The maximum atomic E-state index is 5.69. The van der Waals surface area contributed by atoms with Gasteiger partial charge in [-0.05, 0) is 30.5 Å². The van der Waals surface area contributed by atoms with Crippen LogP contribution in [0.2, 0.25) is 0 Å². The molecular formula is C18H32N2O. The Labute approximate surface area is 130 Å². The van der Waals surface area contributed by atoms with Crippen molar-refractivity contribution >= 4 is 0 Å². The molecule has 0 heterocycles. The van der Waals surface area contributed by atoms with E-state index in [1.807, 2.05) is 12.1 Å². The van der Waals surface area contributed by atoms with E-state index >= 15 is 0 Å². The summed E-state index contributed by atoms with van der Waals surface area (Å²) in [7, 11) is 1.70. The summed E-state index contributed by atoms with van der Waals surface area (Å²) < 4.78 is 5.26. The fourth-order valence-electron chi connectivity index (χ4n) is 2.68. The molecular weight excluding hydrogens is 260 g/mol. The van der Waals surface area contributed by atoms with Crippen molar-refractivity contribution < 1.29 is 4.74 Å². The molecule has 0 amide bonds. The summed E-state index contributed by atoms with van der Waals surface area (Å²) in [6.45, 7) is 2.26. The third-order valence-electron chi connectivity index (χ3n) is 4.01. The van der Waals surface area contributed by atoms with Gasteiger partial charge in [0.1, 0.15) is 5.75 Å². The molecule has 1 unspecified atom stereocenters. The highest BCUT2D eigenvalue weighted by Gasteiger charge is 2.08. The van der Waals surface area contributed by atoms with Crippen LogP contribution in [0.4, 0.5) is 0 Å². The molecule has 3 heteroatoms. The number of methoxy groups -OCH3 is 1. The first kappa shape index (κ1) is 18.0. The van der Waals surface area contributed by atoms with Gasteiger partial charge in [0, 0.05) is 6.04 Å². The fourth-order valence-corrected chi connectivity index (χ4v) is 2.68. The Hall–Kier alpha value is -1.06. The zero-order valence-electron chi connectivity index (χ0n) is 13.7. The quantitative estimate of drug-likeness (QED) is 0.345. The van der Waals surface area contributed by atoms with Crippen LogP contribution in [0.3, 0.4) is 0 Å². The molecule has 0 aliphatic carbocycles. The van der Waals surface area contributed by atoms with Gasteiger partial charge >= 0.3 is 0 Å². The maximum Gasteiger partial charge on any atom is 0.119 e. The van der Waals surface area contributed by atoms with Crippen LogP contribution in [0.1, 0.15) is 63.9 Å². The lowest BCUT2D eigenvalue weighted by Crippen LogP contribution is -2.36. The van der Waals surface area contributed by atoms with Crippen LogP contribution in [-0.2, 0) is 6.42 Å². The van der Waals surface area contributed by atoms with Crippen molar-refractivity contribution in [1.29, 1.82) is 0 Å². The van der Waals surface area contributed by atoms with E-state index in [1.54, 1.807) is 7.11 Å². The molecule has 0 aliphatic rings. The summed E-state index contributed by atoms with van der Waals surface area (Å²) in [6.07, 6.45) is 11.5.